The van der Waals surface area contributed by atoms with Crippen LogP contribution in [0.1, 0.15) is 25.7 Å². The van der Waals surface area contributed by atoms with Gasteiger partial charge in [-0.3, -0.25) is 0 Å². The summed E-state index contributed by atoms with van der Waals surface area (Å²) in [5, 5.41) is 7.04. The van der Waals surface area contributed by atoms with Crippen molar-refractivity contribution in [2.24, 2.45) is 5.92 Å². The summed E-state index contributed by atoms with van der Waals surface area (Å²) in [5.74, 6) is 0.804. The van der Waals surface area contributed by atoms with Crippen LogP contribution in [0.5, 0.6) is 0 Å². The summed E-state index contributed by atoms with van der Waals surface area (Å²) in [4.78, 5) is 11.7. The van der Waals surface area contributed by atoms with E-state index in [4.69, 9.17) is 4.74 Å². The van der Waals surface area contributed by atoms with Gasteiger partial charge in [-0.15, -0.1) is 0 Å². The number of nitrogens with zero attached hydrogens (tertiary/aromatic N) is 1. The first kappa shape index (κ1) is 16.8. The van der Waals surface area contributed by atoms with E-state index in [0.717, 1.165) is 38.5 Å². The maximum Gasteiger partial charge on any atom is 0.314 e. The maximum atomic E-state index is 11.7. The number of para-hydroxylation sites is 1. The van der Waals surface area contributed by atoms with Crippen molar-refractivity contribution in [3.8, 4) is 0 Å². The van der Waals surface area contributed by atoms with E-state index in [1.165, 1.54) is 23.7 Å². The Balaban J connectivity index is 1.23. The second-order valence-electron chi connectivity index (χ2n) is 6.48. The number of urea groups is 1. The molecule has 2 aromatic rings. The molecule has 1 saturated carbocycles. The lowest BCUT2D eigenvalue weighted by molar-refractivity contribution is 0.122. The predicted molar refractivity (Wildman–Crippen MR) is 96.1 cm³/mol. The largest absolute Gasteiger partial charge is 0.381 e. The predicted octanol–water partition coefficient (Wildman–Crippen LogP) is 3.15. The molecular weight excluding hydrogens is 302 g/mol. The minimum atomic E-state index is -0.0884. The first-order valence-corrected chi connectivity index (χ1v) is 8.96. The molecule has 0 radical (unpaired) electrons. The molecule has 0 aliphatic heterocycles. The van der Waals surface area contributed by atoms with Gasteiger partial charge >= 0.3 is 6.03 Å². The van der Waals surface area contributed by atoms with Crippen molar-refractivity contribution in [3.05, 3.63) is 36.5 Å². The van der Waals surface area contributed by atoms with E-state index >= 15 is 0 Å². The van der Waals surface area contributed by atoms with E-state index in [-0.39, 0.29) is 6.03 Å². The number of benzene rings is 1. The van der Waals surface area contributed by atoms with Crippen LogP contribution in [0.3, 0.4) is 0 Å². The van der Waals surface area contributed by atoms with Gasteiger partial charge in [0.2, 0.25) is 0 Å². The summed E-state index contributed by atoms with van der Waals surface area (Å²) in [6.07, 6.45) is 6.53. The Labute approximate surface area is 143 Å². The molecule has 1 aromatic carbocycles. The number of hydrogen-bond acceptors (Lipinski definition) is 2. The Morgan fingerprint density at radius 2 is 1.92 bits per heavy atom. The lowest BCUT2D eigenvalue weighted by atomic mass is 10.2. The molecule has 3 rings (SSSR count). The van der Waals surface area contributed by atoms with Crippen LogP contribution < -0.4 is 10.6 Å². The molecule has 0 bridgehead atoms. The van der Waals surface area contributed by atoms with Crippen molar-refractivity contribution in [1.29, 1.82) is 0 Å². The lowest BCUT2D eigenvalue weighted by Crippen LogP contribution is -2.37. The third-order valence-electron chi connectivity index (χ3n) is 4.34. The van der Waals surface area contributed by atoms with Crippen LogP contribution in [0.15, 0.2) is 36.5 Å². The Hall–Kier alpha value is -2.01. The standard InChI is InChI=1S/C19H27N3O2/c23-19(21-11-4-14-24-15-16-7-8-16)20-10-3-12-22-13-9-17-5-1-2-6-18(17)22/h1-2,5-6,9,13,16H,3-4,7-8,10-12,14-15H2,(H2,20,21,23). The molecule has 130 valence electrons. The van der Waals surface area contributed by atoms with Crippen LogP contribution in [0.4, 0.5) is 4.79 Å². The van der Waals surface area contributed by atoms with Crippen molar-refractivity contribution >= 4 is 16.9 Å². The fourth-order valence-corrected chi connectivity index (χ4v) is 2.76. The number of aryl methyl sites for hydroxylation is 1. The summed E-state index contributed by atoms with van der Waals surface area (Å²) >= 11 is 0. The number of nitrogens with one attached hydrogen (secondary N) is 2. The highest BCUT2D eigenvalue weighted by molar-refractivity contribution is 5.79. The van der Waals surface area contributed by atoms with E-state index in [2.05, 4.69) is 51.7 Å². The number of carbonyl (C=O) groups excluding carboxylic acids is 1. The highest BCUT2D eigenvalue weighted by atomic mass is 16.5. The molecule has 24 heavy (non-hydrogen) atoms. The Bertz CT molecular complexity index is 649. The van der Waals surface area contributed by atoms with Crippen LogP contribution in [0.2, 0.25) is 0 Å². The fourth-order valence-electron chi connectivity index (χ4n) is 2.76. The molecule has 2 N–H and O–H groups in total. The topological polar surface area (TPSA) is 55.3 Å². The molecule has 5 heteroatoms. The molecule has 1 fully saturated rings. The zero-order valence-electron chi connectivity index (χ0n) is 14.2. The number of fused-ring (bicyclic) bond motifs is 1. The molecule has 1 heterocycles. The third kappa shape index (κ3) is 5.27. The summed E-state index contributed by atoms with van der Waals surface area (Å²) < 4.78 is 7.77. The van der Waals surface area contributed by atoms with E-state index in [1.807, 2.05) is 0 Å². The number of ether oxygens (including phenoxy) is 1. The quantitative estimate of drug-likeness (QED) is 0.658. The van der Waals surface area contributed by atoms with E-state index in [9.17, 15) is 4.79 Å². The summed E-state index contributed by atoms with van der Waals surface area (Å²) in [6.45, 7) is 3.87. The number of rotatable bonds is 10. The minimum Gasteiger partial charge on any atom is -0.381 e. The second-order valence-corrected chi connectivity index (χ2v) is 6.48. The van der Waals surface area contributed by atoms with Gasteiger partial charge in [0.15, 0.2) is 0 Å². The summed E-state index contributed by atoms with van der Waals surface area (Å²) in [6, 6.07) is 10.4. The van der Waals surface area contributed by atoms with Gasteiger partial charge < -0.3 is 19.9 Å². The monoisotopic (exact) mass is 329 g/mol. The Morgan fingerprint density at radius 1 is 1.12 bits per heavy atom. The maximum absolute atomic E-state index is 11.7. The highest BCUT2D eigenvalue weighted by Gasteiger charge is 2.20. The molecule has 1 aliphatic rings. The first-order chi connectivity index (χ1) is 11.8. The van der Waals surface area contributed by atoms with E-state index in [0.29, 0.717) is 13.1 Å². The number of amides is 2. The molecule has 1 aromatic heterocycles. The number of aromatic nitrogens is 1. The van der Waals surface area contributed by atoms with Crippen LogP contribution in [-0.2, 0) is 11.3 Å². The van der Waals surface area contributed by atoms with Gasteiger partial charge in [-0.2, -0.15) is 0 Å². The summed E-state index contributed by atoms with van der Waals surface area (Å²) in [7, 11) is 0. The van der Waals surface area contributed by atoms with E-state index in [1.54, 1.807) is 0 Å². The smallest absolute Gasteiger partial charge is 0.314 e. The van der Waals surface area contributed by atoms with Gasteiger partial charge in [0.1, 0.15) is 0 Å². The number of hydrogen-bond donors (Lipinski definition) is 2. The molecule has 5 nitrogen and oxygen atoms in total. The van der Waals surface area contributed by atoms with E-state index < -0.39 is 0 Å². The highest BCUT2D eigenvalue weighted by Crippen LogP contribution is 2.28. The van der Waals surface area contributed by atoms with Gasteiger partial charge in [0, 0.05) is 44.6 Å². The Morgan fingerprint density at radius 3 is 2.75 bits per heavy atom. The lowest BCUT2D eigenvalue weighted by Gasteiger charge is -2.09. The molecule has 0 unspecified atom stereocenters. The van der Waals surface area contributed by atoms with Crippen molar-refractivity contribution in [3.63, 3.8) is 0 Å². The van der Waals surface area contributed by atoms with Crippen molar-refractivity contribution in [2.45, 2.75) is 32.2 Å². The second kappa shape index (κ2) is 8.73. The Kier molecular flexibility index (Phi) is 6.13. The van der Waals surface area contributed by atoms with Gasteiger partial charge in [-0.1, -0.05) is 18.2 Å². The van der Waals surface area contributed by atoms with Crippen LogP contribution in [0, 0.1) is 5.92 Å². The van der Waals surface area contributed by atoms with Crippen molar-refractivity contribution < 1.29 is 9.53 Å². The number of carbonyl (C=O) groups is 1. The minimum absolute atomic E-state index is 0.0884. The molecule has 1 aliphatic carbocycles. The molecule has 0 saturated heterocycles. The van der Waals surface area contributed by atoms with Crippen molar-refractivity contribution in [1.82, 2.24) is 15.2 Å². The molecule has 0 spiro atoms. The van der Waals surface area contributed by atoms with Gasteiger partial charge in [0.25, 0.3) is 0 Å². The van der Waals surface area contributed by atoms with Crippen LogP contribution in [0.25, 0.3) is 10.9 Å². The molecule has 0 atom stereocenters. The SMILES string of the molecule is O=C(NCCCOCC1CC1)NCCCn1ccc2ccccc21. The van der Waals surface area contributed by atoms with Gasteiger partial charge in [-0.05, 0) is 49.1 Å². The summed E-state index contributed by atoms with van der Waals surface area (Å²) in [5.41, 5.74) is 1.24. The molecular formula is C19H27N3O2. The van der Waals surface area contributed by atoms with Crippen LogP contribution >= 0.6 is 0 Å². The zero-order valence-corrected chi connectivity index (χ0v) is 14.2. The zero-order chi connectivity index (χ0) is 16.6. The fraction of sp³-hybridized carbons (Fsp3) is 0.526. The first-order valence-electron chi connectivity index (χ1n) is 8.96. The molecule has 2 amide bonds. The van der Waals surface area contributed by atoms with Crippen LogP contribution in [-0.4, -0.2) is 36.9 Å². The normalized spacial score (nSPS) is 14.0. The van der Waals surface area contributed by atoms with Gasteiger partial charge in [-0.25, -0.2) is 4.79 Å². The average molecular weight is 329 g/mol. The third-order valence-corrected chi connectivity index (χ3v) is 4.34. The van der Waals surface area contributed by atoms with Crippen molar-refractivity contribution in [2.75, 3.05) is 26.3 Å². The van der Waals surface area contributed by atoms with Gasteiger partial charge in [0.05, 0.1) is 0 Å². The average Bonchev–Trinajstić information content (AvgIpc) is 3.34.